The molecule has 0 bridgehead atoms. The Balaban J connectivity index is 1.89. The lowest BCUT2D eigenvalue weighted by Gasteiger charge is -2.29. The molecule has 1 aromatic carbocycles. The fraction of sp³-hybridized carbons (Fsp3) is 0.444. The first-order chi connectivity index (χ1) is 11.2. The first-order valence-electron chi connectivity index (χ1n) is 8.25. The van der Waals surface area contributed by atoms with Crippen molar-refractivity contribution >= 4 is 12.2 Å². The van der Waals surface area contributed by atoms with Gasteiger partial charge >= 0.3 is 0 Å². The Morgan fingerprint density at radius 1 is 1.26 bits per heavy atom. The van der Waals surface area contributed by atoms with Crippen molar-refractivity contribution in [2.45, 2.75) is 33.0 Å². The van der Waals surface area contributed by atoms with E-state index < -0.39 is 0 Å². The monoisotopic (exact) mass is 328 g/mol. The van der Waals surface area contributed by atoms with Crippen molar-refractivity contribution in [2.75, 3.05) is 13.1 Å². The van der Waals surface area contributed by atoms with Crippen LogP contribution in [0.4, 0.5) is 0 Å². The van der Waals surface area contributed by atoms with E-state index in [1.807, 2.05) is 29.0 Å². The summed E-state index contributed by atoms with van der Waals surface area (Å²) in [6, 6.07) is 10.2. The van der Waals surface area contributed by atoms with Crippen molar-refractivity contribution < 1.29 is 0 Å². The summed E-state index contributed by atoms with van der Waals surface area (Å²) >= 11 is 5.66. The number of nitrogens with zero attached hydrogens (tertiary/aromatic N) is 4. The van der Waals surface area contributed by atoms with Gasteiger partial charge < -0.3 is 0 Å². The van der Waals surface area contributed by atoms with Crippen LogP contribution in [0.15, 0.2) is 43.0 Å². The molecule has 0 saturated carbocycles. The summed E-state index contributed by atoms with van der Waals surface area (Å²) in [5, 5.41) is 4.80. The SMILES string of the molecule is C=CCn1c(-c2ccccc2)nn(CN2CCC(C)CC2)c1=S. The quantitative estimate of drug-likeness (QED) is 0.614. The van der Waals surface area contributed by atoms with Crippen LogP contribution in [-0.2, 0) is 13.2 Å². The van der Waals surface area contributed by atoms with Gasteiger partial charge in [0.15, 0.2) is 10.6 Å². The molecule has 1 aliphatic heterocycles. The molecule has 1 saturated heterocycles. The molecule has 0 atom stereocenters. The van der Waals surface area contributed by atoms with E-state index in [2.05, 4.69) is 35.1 Å². The molecular formula is C18H24N4S. The molecule has 1 aliphatic rings. The van der Waals surface area contributed by atoms with Crippen LogP contribution in [0.3, 0.4) is 0 Å². The molecule has 1 aromatic heterocycles. The lowest BCUT2D eigenvalue weighted by molar-refractivity contribution is 0.146. The van der Waals surface area contributed by atoms with Crippen LogP contribution >= 0.6 is 12.2 Å². The third kappa shape index (κ3) is 3.62. The Bertz CT molecular complexity index is 708. The summed E-state index contributed by atoms with van der Waals surface area (Å²) in [6.07, 6.45) is 4.38. The van der Waals surface area contributed by atoms with E-state index in [1.165, 1.54) is 12.8 Å². The summed E-state index contributed by atoms with van der Waals surface area (Å²) in [6.45, 7) is 9.88. The van der Waals surface area contributed by atoms with Crippen molar-refractivity contribution in [3.8, 4) is 11.4 Å². The molecule has 122 valence electrons. The van der Waals surface area contributed by atoms with Crippen molar-refractivity contribution in [3.05, 3.63) is 47.8 Å². The molecule has 1 fully saturated rings. The largest absolute Gasteiger partial charge is 0.296 e. The fourth-order valence-electron chi connectivity index (χ4n) is 3.02. The van der Waals surface area contributed by atoms with Gasteiger partial charge in [-0.15, -0.1) is 6.58 Å². The second-order valence-electron chi connectivity index (χ2n) is 6.31. The Hall–Kier alpha value is -1.72. The van der Waals surface area contributed by atoms with E-state index in [0.29, 0.717) is 6.54 Å². The fourth-order valence-corrected chi connectivity index (χ4v) is 3.28. The number of hydrogen-bond donors (Lipinski definition) is 0. The standard InChI is InChI=1S/C18H24N4S/c1-3-11-21-17(16-7-5-4-6-8-16)19-22(18(21)23)14-20-12-9-15(2)10-13-20/h3-8,15H,1,9-14H2,2H3. The summed E-state index contributed by atoms with van der Waals surface area (Å²) in [4.78, 5) is 2.44. The first kappa shape index (κ1) is 16.1. The van der Waals surface area contributed by atoms with Gasteiger partial charge in [0.2, 0.25) is 0 Å². The van der Waals surface area contributed by atoms with Gasteiger partial charge in [0, 0.05) is 25.2 Å². The second kappa shape index (κ2) is 7.23. The van der Waals surface area contributed by atoms with Gasteiger partial charge in [0.05, 0.1) is 6.67 Å². The normalized spacial score (nSPS) is 16.6. The van der Waals surface area contributed by atoms with E-state index in [0.717, 1.165) is 41.8 Å². The van der Waals surface area contributed by atoms with Crippen LogP contribution in [0.2, 0.25) is 0 Å². The molecule has 0 amide bonds. The number of rotatable bonds is 5. The van der Waals surface area contributed by atoms with E-state index in [1.54, 1.807) is 0 Å². The zero-order chi connectivity index (χ0) is 16.2. The Morgan fingerprint density at radius 2 is 1.96 bits per heavy atom. The van der Waals surface area contributed by atoms with Crippen LogP contribution in [0, 0.1) is 10.7 Å². The zero-order valence-corrected chi connectivity index (χ0v) is 14.5. The van der Waals surface area contributed by atoms with Crippen molar-refractivity contribution in [3.63, 3.8) is 0 Å². The van der Waals surface area contributed by atoms with Gasteiger partial charge in [0.25, 0.3) is 0 Å². The van der Waals surface area contributed by atoms with Crippen LogP contribution in [0.1, 0.15) is 19.8 Å². The maximum absolute atomic E-state index is 5.66. The Morgan fingerprint density at radius 3 is 2.61 bits per heavy atom. The summed E-state index contributed by atoms with van der Waals surface area (Å²) in [5.74, 6) is 1.75. The molecule has 0 spiro atoms. The maximum atomic E-state index is 5.66. The van der Waals surface area contributed by atoms with Gasteiger partial charge in [-0.3, -0.25) is 9.47 Å². The minimum Gasteiger partial charge on any atom is -0.296 e. The van der Waals surface area contributed by atoms with Gasteiger partial charge in [-0.2, -0.15) is 5.10 Å². The van der Waals surface area contributed by atoms with Gasteiger partial charge in [-0.25, -0.2) is 4.68 Å². The molecule has 23 heavy (non-hydrogen) atoms. The Labute approximate surface area is 143 Å². The van der Waals surface area contributed by atoms with E-state index in [4.69, 9.17) is 17.3 Å². The van der Waals surface area contributed by atoms with Crippen LogP contribution < -0.4 is 0 Å². The summed E-state index contributed by atoms with van der Waals surface area (Å²) in [5.41, 5.74) is 1.09. The molecule has 0 N–H and O–H groups in total. The number of benzene rings is 1. The highest BCUT2D eigenvalue weighted by atomic mass is 32.1. The number of aromatic nitrogens is 3. The molecule has 2 aromatic rings. The molecule has 0 unspecified atom stereocenters. The highest BCUT2D eigenvalue weighted by Crippen LogP contribution is 2.20. The molecule has 5 heteroatoms. The second-order valence-corrected chi connectivity index (χ2v) is 6.68. The summed E-state index contributed by atoms with van der Waals surface area (Å²) in [7, 11) is 0. The van der Waals surface area contributed by atoms with Crippen molar-refractivity contribution in [2.24, 2.45) is 5.92 Å². The molecule has 3 rings (SSSR count). The average Bonchev–Trinajstić information content (AvgIpc) is 2.88. The van der Waals surface area contributed by atoms with Crippen LogP contribution in [0.25, 0.3) is 11.4 Å². The third-order valence-electron chi connectivity index (χ3n) is 4.48. The number of likely N-dealkylation sites (tertiary alicyclic amines) is 1. The minimum atomic E-state index is 0.681. The average molecular weight is 328 g/mol. The van der Waals surface area contributed by atoms with Gasteiger partial charge in [-0.1, -0.05) is 43.3 Å². The number of piperidine rings is 1. The minimum absolute atomic E-state index is 0.681. The van der Waals surface area contributed by atoms with Crippen LogP contribution in [0.5, 0.6) is 0 Å². The van der Waals surface area contributed by atoms with Crippen molar-refractivity contribution in [1.29, 1.82) is 0 Å². The zero-order valence-electron chi connectivity index (χ0n) is 13.7. The molecule has 0 aliphatic carbocycles. The molecular weight excluding hydrogens is 304 g/mol. The van der Waals surface area contributed by atoms with Gasteiger partial charge in [-0.05, 0) is 31.0 Å². The van der Waals surface area contributed by atoms with Crippen LogP contribution in [-0.4, -0.2) is 32.3 Å². The van der Waals surface area contributed by atoms with E-state index in [9.17, 15) is 0 Å². The highest BCUT2D eigenvalue weighted by molar-refractivity contribution is 7.71. The van der Waals surface area contributed by atoms with E-state index in [-0.39, 0.29) is 0 Å². The van der Waals surface area contributed by atoms with Gasteiger partial charge in [0.1, 0.15) is 0 Å². The smallest absolute Gasteiger partial charge is 0.199 e. The topological polar surface area (TPSA) is 26.0 Å². The lowest BCUT2D eigenvalue weighted by Crippen LogP contribution is -2.34. The molecule has 2 heterocycles. The third-order valence-corrected chi connectivity index (χ3v) is 4.91. The maximum Gasteiger partial charge on any atom is 0.199 e. The number of allylic oxidation sites excluding steroid dienone is 1. The lowest BCUT2D eigenvalue weighted by atomic mass is 10.00. The predicted molar refractivity (Wildman–Crippen MR) is 96.7 cm³/mol. The van der Waals surface area contributed by atoms with Crippen molar-refractivity contribution in [1.82, 2.24) is 19.2 Å². The number of hydrogen-bond acceptors (Lipinski definition) is 3. The first-order valence-corrected chi connectivity index (χ1v) is 8.66. The Kier molecular flexibility index (Phi) is 5.08. The summed E-state index contributed by atoms with van der Waals surface area (Å²) < 4.78 is 4.78. The molecule has 4 nitrogen and oxygen atoms in total. The molecule has 0 radical (unpaired) electrons. The highest BCUT2D eigenvalue weighted by Gasteiger charge is 2.18. The van der Waals surface area contributed by atoms with E-state index >= 15 is 0 Å². The predicted octanol–water partition coefficient (Wildman–Crippen LogP) is 3.96.